The van der Waals surface area contributed by atoms with Gasteiger partial charge in [0, 0.05) is 12.2 Å². The van der Waals surface area contributed by atoms with Crippen LogP contribution in [0.4, 0.5) is 0 Å². The maximum atomic E-state index is 12.0. The average molecular weight is 284 g/mol. The first-order chi connectivity index (χ1) is 8.88. The first kappa shape index (κ1) is 14.0. The highest BCUT2D eigenvalue weighted by Crippen LogP contribution is 2.33. The Labute approximate surface area is 111 Å². The molecule has 19 heavy (non-hydrogen) atoms. The summed E-state index contributed by atoms with van der Waals surface area (Å²) < 4.78 is 26.6. The number of hydrogen-bond acceptors (Lipinski definition) is 4. The minimum atomic E-state index is -3.67. The molecule has 0 aliphatic heterocycles. The molecule has 1 aliphatic rings. The van der Waals surface area contributed by atoms with E-state index in [-0.39, 0.29) is 16.6 Å². The van der Waals surface area contributed by atoms with Gasteiger partial charge in [-0.05, 0) is 31.4 Å². The zero-order chi connectivity index (χ0) is 14.0. The number of carboxylic acid groups (broad SMARTS) is 1. The Hall–Kier alpha value is -1.47. The third kappa shape index (κ3) is 3.74. The Morgan fingerprint density at radius 2 is 2.21 bits per heavy atom. The predicted molar refractivity (Wildman–Crippen MR) is 68.3 cm³/mol. The quantitative estimate of drug-likeness (QED) is 0.819. The topological polar surface area (TPSA) is 96.4 Å². The zero-order valence-corrected chi connectivity index (χ0v) is 11.4. The van der Waals surface area contributed by atoms with Crippen LogP contribution < -0.4 is 4.72 Å². The molecular formula is C12H16N2O4S. The number of nitrogens with zero attached hydrogens (tertiary/aromatic N) is 1. The molecule has 1 aliphatic carbocycles. The van der Waals surface area contributed by atoms with Gasteiger partial charge in [-0.15, -0.1) is 0 Å². The number of aromatic carboxylic acids is 1. The highest BCUT2D eigenvalue weighted by Gasteiger charge is 2.26. The van der Waals surface area contributed by atoms with Crippen molar-refractivity contribution in [2.24, 2.45) is 5.92 Å². The van der Waals surface area contributed by atoms with Crippen molar-refractivity contribution in [3.05, 3.63) is 23.9 Å². The highest BCUT2D eigenvalue weighted by atomic mass is 32.2. The average Bonchev–Trinajstić information content (AvgIpc) is 3.12. The smallest absolute Gasteiger partial charge is 0.337 e. The van der Waals surface area contributed by atoms with Gasteiger partial charge in [0.2, 0.25) is 0 Å². The summed E-state index contributed by atoms with van der Waals surface area (Å²) in [6.07, 6.45) is 4.20. The molecular weight excluding hydrogens is 268 g/mol. The molecule has 0 saturated heterocycles. The summed E-state index contributed by atoms with van der Waals surface area (Å²) in [5.74, 6) is -0.508. The third-order valence-electron chi connectivity index (χ3n) is 3.00. The van der Waals surface area contributed by atoms with Crippen molar-refractivity contribution in [2.45, 2.75) is 37.3 Å². The number of hydrogen-bond donors (Lipinski definition) is 2. The molecule has 7 heteroatoms. The molecule has 0 amide bonds. The van der Waals surface area contributed by atoms with Crippen molar-refractivity contribution in [1.29, 1.82) is 0 Å². The number of rotatable bonds is 6. The van der Waals surface area contributed by atoms with E-state index in [1.165, 1.54) is 12.1 Å². The first-order valence-corrected chi connectivity index (χ1v) is 7.58. The van der Waals surface area contributed by atoms with Gasteiger partial charge in [0.25, 0.3) is 10.0 Å². The summed E-state index contributed by atoms with van der Waals surface area (Å²) in [7, 11) is -3.67. The number of aromatic nitrogens is 1. The predicted octanol–water partition coefficient (Wildman–Crippen LogP) is 1.25. The summed E-state index contributed by atoms with van der Waals surface area (Å²) >= 11 is 0. The summed E-state index contributed by atoms with van der Waals surface area (Å²) in [6.45, 7) is 1.82. The van der Waals surface area contributed by atoms with E-state index in [0.29, 0.717) is 5.92 Å². The molecule has 0 radical (unpaired) electrons. The van der Waals surface area contributed by atoms with Crippen molar-refractivity contribution in [3.8, 4) is 0 Å². The van der Waals surface area contributed by atoms with Gasteiger partial charge in [0.1, 0.15) is 0 Å². The molecule has 1 heterocycles. The molecule has 0 aromatic carbocycles. The molecule has 1 saturated carbocycles. The van der Waals surface area contributed by atoms with E-state index < -0.39 is 16.0 Å². The fourth-order valence-electron chi connectivity index (χ4n) is 1.89. The maximum absolute atomic E-state index is 12.0. The van der Waals surface area contributed by atoms with Crippen molar-refractivity contribution < 1.29 is 18.3 Å². The number of sulfonamides is 1. The lowest BCUT2D eigenvalue weighted by Crippen LogP contribution is -2.33. The van der Waals surface area contributed by atoms with Crippen LogP contribution in [0.2, 0.25) is 0 Å². The Kier molecular flexibility index (Phi) is 3.86. The van der Waals surface area contributed by atoms with Gasteiger partial charge in [-0.25, -0.2) is 22.9 Å². The minimum absolute atomic E-state index is 0.0371. The molecule has 1 atom stereocenters. The SMILES string of the molecule is CC(CC1CC1)NS(=O)(=O)c1ccc(C(=O)O)cn1. The monoisotopic (exact) mass is 284 g/mol. The molecule has 104 valence electrons. The van der Waals surface area contributed by atoms with E-state index in [9.17, 15) is 13.2 Å². The van der Waals surface area contributed by atoms with Crippen molar-refractivity contribution in [2.75, 3.05) is 0 Å². The standard InChI is InChI=1S/C12H16N2O4S/c1-8(6-9-2-3-9)14-19(17,18)11-5-4-10(7-13-11)12(15)16/h4-5,7-9,14H,2-3,6H2,1H3,(H,15,16). The van der Waals surface area contributed by atoms with Crippen LogP contribution in [0.3, 0.4) is 0 Å². The van der Waals surface area contributed by atoms with Gasteiger partial charge < -0.3 is 5.11 Å². The van der Waals surface area contributed by atoms with Gasteiger partial charge in [-0.1, -0.05) is 12.8 Å². The minimum Gasteiger partial charge on any atom is -0.478 e. The summed E-state index contributed by atoms with van der Waals surface area (Å²) in [5.41, 5.74) is -0.0371. The van der Waals surface area contributed by atoms with Crippen molar-refractivity contribution >= 4 is 16.0 Å². The Bertz CT molecular complexity index is 564. The van der Waals surface area contributed by atoms with Crippen LogP contribution in [0.25, 0.3) is 0 Å². The number of nitrogens with one attached hydrogen (secondary N) is 1. The zero-order valence-electron chi connectivity index (χ0n) is 10.5. The van der Waals surface area contributed by atoms with E-state index in [1.54, 1.807) is 0 Å². The second-order valence-electron chi connectivity index (χ2n) is 4.89. The normalized spacial score (nSPS) is 17.1. The largest absolute Gasteiger partial charge is 0.478 e. The van der Waals surface area contributed by atoms with E-state index in [2.05, 4.69) is 9.71 Å². The van der Waals surface area contributed by atoms with E-state index in [1.807, 2.05) is 6.92 Å². The molecule has 6 nitrogen and oxygen atoms in total. The van der Waals surface area contributed by atoms with E-state index >= 15 is 0 Å². The first-order valence-electron chi connectivity index (χ1n) is 6.10. The van der Waals surface area contributed by atoms with E-state index in [0.717, 1.165) is 25.5 Å². The molecule has 1 fully saturated rings. The second-order valence-corrected chi connectivity index (χ2v) is 6.55. The molecule has 0 spiro atoms. The van der Waals surface area contributed by atoms with Crippen LogP contribution >= 0.6 is 0 Å². The van der Waals surface area contributed by atoms with Crippen LogP contribution in [0.1, 0.15) is 36.5 Å². The van der Waals surface area contributed by atoms with Crippen molar-refractivity contribution in [3.63, 3.8) is 0 Å². The van der Waals surface area contributed by atoms with Crippen LogP contribution in [-0.4, -0.2) is 30.5 Å². The lowest BCUT2D eigenvalue weighted by Gasteiger charge is -2.13. The maximum Gasteiger partial charge on any atom is 0.337 e. The highest BCUT2D eigenvalue weighted by molar-refractivity contribution is 7.89. The van der Waals surface area contributed by atoms with Gasteiger partial charge in [-0.3, -0.25) is 0 Å². The summed E-state index contributed by atoms with van der Waals surface area (Å²) in [4.78, 5) is 14.4. The van der Waals surface area contributed by atoms with Gasteiger partial charge >= 0.3 is 5.97 Å². The Morgan fingerprint density at radius 1 is 1.53 bits per heavy atom. The molecule has 1 aromatic heterocycles. The fraction of sp³-hybridized carbons (Fsp3) is 0.500. The lowest BCUT2D eigenvalue weighted by molar-refractivity contribution is 0.0696. The van der Waals surface area contributed by atoms with Crippen LogP contribution in [-0.2, 0) is 10.0 Å². The van der Waals surface area contributed by atoms with Crippen LogP contribution in [0, 0.1) is 5.92 Å². The third-order valence-corrected chi connectivity index (χ3v) is 4.50. The van der Waals surface area contributed by atoms with Crippen molar-refractivity contribution in [1.82, 2.24) is 9.71 Å². The molecule has 2 N–H and O–H groups in total. The molecule has 2 rings (SSSR count). The van der Waals surface area contributed by atoms with Crippen LogP contribution in [0.15, 0.2) is 23.4 Å². The second kappa shape index (κ2) is 5.26. The van der Waals surface area contributed by atoms with E-state index in [4.69, 9.17) is 5.11 Å². The molecule has 0 bridgehead atoms. The van der Waals surface area contributed by atoms with Gasteiger partial charge in [0.15, 0.2) is 5.03 Å². The molecule has 1 aromatic rings. The Morgan fingerprint density at radius 3 is 2.68 bits per heavy atom. The molecule has 1 unspecified atom stereocenters. The Balaban J connectivity index is 2.07. The fourth-order valence-corrected chi connectivity index (χ4v) is 3.08. The van der Waals surface area contributed by atoms with Gasteiger partial charge in [-0.2, -0.15) is 0 Å². The summed E-state index contributed by atoms with van der Waals surface area (Å²) in [5, 5.41) is 8.57. The lowest BCUT2D eigenvalue weighted by atomic mass is 10.2. The number of carboxylic acids is 1. The summed E-state index contributed by atoms with van der Waals surface area (Å²) in [6, 6.07) is 2.30. The van der Waals surface area contributed by atoms with Crippen LogP contribution in [0.5, 0.6) is 0 Å². The number of carbonyl (C=O) groups is 1. The van der Waals surface area contributed by atoms with Gasteiger partial charge in [0.05, 0.1) is 5.56 Å². The number of pyridine rings is 1.